The maximum absolute atomic E-state index is 12.6. The lowest BCUT2D eigenvalue weighted by Crippen LogP contribution is -2.44. The number of nitrogens with one attached hydrogen (secondary N) is 1. The number of benzene rings is 1. The van der Waals surface area contributed by atoms with Gasteiger partial charge in [-0.2, -0.15) is 0 Å². The van der Waals surface area contributed by atoms with Gasteiger partial charge in [0.1, 0.15) is 17.3 Å². The minimum atomic E-state index is -0.00327. The zero-order valence-electron chi connectivity index (χ0n) is 16.7. The normalized spacial score (nSPS) is 17.8. The Kier molecular flexibility index (Phi) is 5.43. The Bertz CT molecular complexity index is 823. The third kappa shape index (κ3) is 4.25. The van der Waals surface area contributed by atoms with Crippen LogP contribution in [0.5, 0.6) is 0 Å². The maximum atomic E-state index is 12.6. The predicted molar refractivity (Wildman–Crippen MR) is 111 cm³/mol. The second-order valence-electron chi connectivity index (χ2n) is 7.65. The molecule has 2 fully saturated rings. The third-order valence-electron chi connectivity index (χ3n) is 5.46. The van der Waals surface area contributed by atoms with E-state index in [1.807, 2.05) is 11.8 Å². The molecule has 1 amide bonds. The molecule has 7 heteroatoms. The summed E-state index contributed by atoms with van der Waals surface area (Å²) in [5.74, 6) is 1.25. The molecule has 3 heterocycles. The first kappa shape index (κ1) is 18.7. The molecule has 0 bridgehead atoms. The smallest absolute Gasteiger partial charge is 0.272 e. The molecule has 28 heavy (non-hydrogen) atoms. The predicted octanol–water partition coefficient (Wildman–Crippen LogP) is 2.52. The number of likely N-dealkylation sites (tertiary alicyclic amines) is 1. The van der Waals surface area contributed by atoms with Crippen molar-refractivity contribution in [3.63, 3.8) is 0 Å². The number of hydrogen-bond donors (Lipinski definition) is 1. The molecule has 0 aliphatic carbocycles. The maximum Gasteiger partial charge on any atom is 0.272 e. The van der Waals surface area contributed by atoms with Crippen LogP contribution < -0.4 is 10.2 Å². The number of rotatable bonds is 4. The molecular formula is C21H28N6O. The SMILES string of the molecule is Cc1nc(Nc2ccc(N3CCN(C)CC3)cc2)cc(C(=O)N2CCCC2)n1. The molecule has 148 valence electrons. The van der Waals surface area contributed by atoms with Crippen molar-refractivity contribution in [2.75, 3.05) is 56.5 Å². The lowest BCUT2D eigenvalue weighted by Gasteiger charge is -2.34. The zero-order valence-corrected chi connectivity index (χ0v) is 16.7. The molecule has 1 N–H and O–H groups in total. The fraction of sp³-hybridized carbons (Fsp3) is 0.476. The summed E-state index contributed by atoms with van der Waals surface area (Å²) in [6, 6.07) is 10.2. The van der Waals surface area contributed by atoms with Gasteiger partial charge < -0.3 is 20.0 Å². The van der Waals surface area contributed by atoms with Crippen LogP contribution in [0, 0.1) is 6.92 Å². The average Bonchev–Trinajstić information content (AvgIpc) is 3.23. The molecule has 0 unspecified atom stereocenters. The van der Waals surface area contributed by atoms with Gasteiger partial charge in [-0.1, -0.05) is 0 Å². The van der Waals surface area contributed by atoms with E-state index in [-0.39, 0.29) is 5.91 Å². The molecule has 0 saturated carbocycles. The number of piperazine rings is 1. The highest BCUT2D eigenvalue weighted by Crippen LogP contribution is 2.22. The molecule has 2 aliphatic rings. The summed E-state index contributed by atoms with van der Waals surface area (Å²) in [6.07, 6.45) is 2.14. The number of carbonyl (C=O) groups excluding carboxylic acids is 1. The van der Waals surface area contributed by atoms with Crippen molar-refractivity contribution < 1.29 is 4.79 Å². The lowest BCUT2D eigenvalue weighted by molar-refractivity contribution is 0.0786. The Morgan fingerprint density at radius 2 is 1.64 bits per heavy atom. The largest absolute Gasteiger partial charge is 0.369 e. The number of likely N-dealkylation sites (N-methyl/N-ethyl adjacent to an activating group) is 1. The highest BCUT2D eigenvalue weighted by molar-refractivity contribution is 5.93. The minimum absolute atomic E-state index is 0.00327. The summed E-state index contributed by atoms with van der Waals surface area (Å²) in [6.45, 7) is 7.74. The van der Waals surface area contributed by atoms with E-state index in [1.165, 1.54) is 5.69 Å². The fourth-order valence-electron chi connectivity index (χ4n) is 3.79. The van der Waals surface area contributed by atoms with E-state index < -0.39 is 0 Å². The zero-order chi connectivity index (χ0) is 19.5. The molecule has 0 spiro atoms. The Hall–Kier alpha value is -2.67. The Morgan fingerprint density at radius 1 is 0.964 bits per heavy atom. The third-order valence-corrected chi connectivity index (χ3v) is 5.46. The first-order valence-corrected chi connectivity index (χ1v) is 10.0. The molecule has 1 aromatic heterocycles. The van der Waals surface area contributed by atoms with Gasteiger partial charge >= 0.3 is 0 Å². The molecule has 2 saturated heterocycles. The summed E-state index contributed by atoms with van der Waals surface area (Å²) >= 11 is 0. The van der Waals surface area contributed by atoms with Gasteiger partial charge in [-0.05, 0) is 51.1 Å². The average molecular weight is 380 g/mol. The van der Waals surface area contributed by atoms with Crippen molar-refractivity contribution in [3.8, 4) is 0 Å². The van der Waals surface area contributed by atoms with Crippen molar-refractivity contribution in [2.45, 2.75) is 19.8 Å². The molecule has 2 aromatic rings. The van der Waals surface area contributed by atoms with Crippen molar-refractivity contribution in [2.24, 2.45) is 0 Å². The van der Waals surface area contributed by atoms with E-state index in [2.05, 4.69) is 56.4 Å². The van der Waals surface area contributed by atoms with Gasteiger partial charge in [0.25, 0.3) is 5.91 Å². The van der Waals surface area contributed by atoms with Crippen LogP contribution in [-0.2, 0) is 0 Å². The molecule has 0 radical (unpaired) electrons. The Balaban J connectivity index is 1.45. The van der Waals surface area contributed by atoms with Gasteiger partial charge in [-0.15, -0.1) is 0 Å². The van der Waals surface area contributed by atoms with E-state index >= 15 is 0 Å². The quantitative estimate of drug-likeness (QED) is 0.879. The number of amides is 1. The second kappa shape index (κ2) is 8.14. The van der Waals surface area contributed by atoms with Crippen molar-refractivity contribution in [3.05, 3.63) is 41.9 Å². The van der Waals surface area contributed by atoms with E-state index in [1.54, 1.807) is 6.07 Å². The molecular weight excluding hydrogens is 352 g/mol. The standard InChI is InChI=1S/C21H28N6O/c1-16-22-19(21(28)27-9-3-4-10-27)15-20(23-16)24-17-5-7-18(8-6-17)26-13-11-25(2)12-14-26/h5-8,15H,3-4,9-14H2,1-2H3,(H,22,23,24). The number of nitrogens with zero attached hydrogens (tertiary/aromatic N) is 5. The Morgan fingerprint density at radius 3 is 2.32 bits per heavy atom. The van der Waals surface area contributed by atoms with Gasteiger partial charge in [-0.25, -0.2) is 9.97 Å². The van der Waals surface area contributed by atoms with Crippen molar-refractivity contribution in [1.29, 1.82) is 0 Å². The first-order chi connectivity index (χ1) is 13.6. The summed E-state index contributed by atoms with van der Waals surface area (Å²) in [4.78, 5) is 28.1. The van der Waals surface area contributed by atoms with Gasteiger partial charge in [0.2, 0.25) is 0 Å². The summed E-state index contributed by atoms with van der Waals surface area (Å²) < 4.78 is 0. The number of aromatic nitrogens is 2. The van der Waals surface area contributed by atoms with Crippen LogP contribution in [0.25, 0.3) is 0 Å². The molecule has 4 rings (SSSR count). The van der Waals surface area contributed by atoms with Gasteiger partial charge in [0.05, 0.1) is 0 Å². The summed E-state index contributed by atoms with van der Waals surface area (Å²) in [5, 5.41) is 3.32. The number of anilines is 3. The highest BCUT2D eigenvalue weighted by atomic mass is 16.2. The van der Waals surface area contributed by atoms with E-state index in [9.17, 15) is 4.79 Å². The van der Waals surface area contributed by atoms with Gasteiger partial charge in [0.15, 0.2) is 0 Å². The van der Waals surface area contributed by atoms with Crippen LogP contribution in [0.1, 0.15) is 29.2 Å². The van der Waals surface area contributed by atoms with Crippen molar-refractivity contribution >= 4 is 23.1 Å². The highest BCUT2D eigenvalue weighted by Gasteiger charge is 2.21. The van der Waals surface area contributed by atoms with Crippen LogP contribution in [-0.4, -0.2) is 72.0 Å². The number of aryl methyl sites for hydroxylation is 1. The van der Waals surface area contributed by atoms with Crippen LogP contribution in [0.4, 0.5) is 17.2 Å². The van der Waals surface area contributed by atoms with Gasteiger partial charge in [0, 0.05) is 56.7 Å². The number of hydrogen-bond acceptors (Lipinski definition) is 6. The van der Waals surface area contributed by atoms with Crippen LogP contribution in [0.15, 0.2) is 30.3 Å². The van der Waals surface area contributed by atoms with Crippen molar-refractivity contribution in [1.82, 2.24) is 19.8 Å². The Labute approximate surface area is 166 Å². The number of carbonyl (C=O) groups is 1. The summed E-state index contributed by atoms with van der Waals surface area (Å²) in [5.41, 5.74) is 2.66. The minimum Gasteiger partial charge on any atom is -0.369 e. The topological polar surface area (TPSA) is 64.6 Å². The first-order valence-electron chi connectivity index (χ1n) is 10.0. The molecule has 7 nitrogen and oxygen atoms in total. The molecule has 0 atom stereocenters. The van der Waals surface area contributed by atoms with Crippen LogP contribution in [0.3, 0.4) is 0 Å². The molecule has 1 aromatic carbocycles. The van der Waals surface area contributed by atoms with E-state index in [0.717, 1.165) is 57.8 Å². The fourth-order valence-corrected chi connectivity index (χ4v) is 3.79. The van der Waals surface area contributed by atoms with Crippen LogP contribution >= 0.6 is 0 Å². The van der Waals surface area contributed by atoms with Crippen LogP contribution in [0.2, 0.25) is 0 Å². The lowest BCUT2D eigenvalue weighted by atomic mass is 10.2. The van der Waals surface area contributed by atoms with Gasteiger partial charge in [-0.3, -0.25) is 4.79 Å². The van der Waals surface area contributed by atoms with E-state index in [4.69, 9.17) is 0 Å². The second-order valence-corrected chi connectivity index (χ2v) is 7.65. The molecule has 2 aliphatic heterocycles. The monoisotopic (exact) mass is 380 g/mol. The van der Waals surface area contributed by atoms with E-state index in [0.29, 0.717) is 17.3 Å². The summed E-state index contributed by atoms with van der Waals surface area (Å²) in [7, 11) is 2.16.